The molecule has 0 fully saturated rings. The smallest absolute Gasteiger partial charge is 0.273 e. The van der Waals surface area contributed by atoms with Gasteiger partial charge < -0.3 is 26.4 Å². The van der Waals surface area contributed by atoms with Gasteiger partial charge in [-0.05, 0) is 59.1 Å². The van der Waals surface area contributed by atoms with Gasteiger partial charge in [-0.25, -0.2) is 0 Å². The molecule has 10 nitrogen and oxygen atoms in total. The number of rotatable bonds is 10. The molecule has 206 valence electrons. The Hall–Kier alpha value is -4.90. The van der Waals surface area contributed by atoms with Crippen LogP contribution in [0.2, 0.25) is 0 Å². The molecule has 3 aromatic carbocycles. The van der Waals surface area contributed by atoms with Gasteiger partial charge >= 0.3 is 0 Å². The van der Waals surface area contributed by atoms with E-state index in [4.69, 9.17) is 16.2 Å². The summed E-state index contributed by atoms with van der Waals surface area (Å²) in [6.07, 6.45) is 0. The van der Waals surface area contributed by atoms with Crippen molar-refractivity contribution in [2.75, 3.05) is 36.7 Å². The molecule has 0 saturated carbocycles. The number of hydrogen-bond donors (Lipinski definition) is 3. The highest BCUT2D eigenvalue weighted by molar-refractivity contribution is 7.09. The quantitative estimate of drug-likeness (QED) is 0.270. The van der Waals surface area contributed by atoms with E-state index in [-0.39, 0.29) is 22.8 Å². The van der Waals surface area contributed by atoms with Crippen LogP contribution in [-0.2, 0) is 11.3 Å². The molecule has 0 aliphatic carbocycles. The Kier molecular flexibility index (Phi) is 8.65. The SMILES string of the molecule is COc1ccc(N(C(=O)c2snc(C(N)=O)c2N)[C@@H](C(=O)NCc2ccccc2)c2ccc(N(C)C)cc2)cc1. The second-order valence-corrected chi connectivity index (χ2v) is 9.88. The van der Waals surface area contributed by atoms with E-state index in [0.717, 1.165) is 22.8 Å². The van der Waals surface area contributed by atoms with Gasteiger partial charge in [0.1, 0.15) is 16.7 Å². The second-order valence-electron chi connectivity index (χ2n) is 9.10. The molecule has 1 aromatic heterocycles. The van der Waals surface area contributed by atoms with Gasteiger partial charge in [-0.1, -0.05) is 42.5 Å². The lowest BCUT2D eigenvalue weighted by Gasteiger charge is -2.31. The summed E-state index contributed by atoms with van der Waals surface area (Å²) in [7, 11) is 5.36. The number of nitrogens with two attached hydrogens (primary N) is 2. The molecule has 0 radical (unpaired) electrons. The normalized spacial score (nSPS) is 11.4. The van der Waals surface area contributed by atoms with Crippen LogP contribution in [0.3, 0.4) is 0 Å². The number of amides is 3. The zero-order valence-electron chi connectivity index (χ0n) is 22.3. The maximum absolute atomic E-state index is 14.2. The first-order valence-corrected chi connectivity index (χ1v) is 13.1. The predicted molar refractivity (Wildman–Crippen MR) is 157 cm³/mol. The highest BCUT2D eigenvalue weighted by Gasteiger charge is 2.36. The molecule has 3 amide bonds. The van der Waals surface area contributed by atoms with Crippen molar-refractivity contribution in [3.63, 3.8) is 0 Å². The van der Waals surface area contributed by atoms with Crippen LogP contribution in [0.4, 0.5) is 17.1 Å². The Labute approximate surface area is 236 Å². The van der Waals surface area contributed by atoms with Gasteiger partial charge in [0.05, 0.1) is 12.8 Å². The molecule has 1 atom stereocenters. The predicted octanol–water partition coefficient (Wildman–Crippen LogP) is 3.60. The molecule has 4 rings (SSSR count). The van der Waals surface area contributed by atoms with E-state index in [9.17, 15) is 14.4 Å². The van der Waals surface area contributed by atoms with Crippen molar-refractivity contribution in [3.8, 4) is 5.75 Å². The van der Waals surface area contributed by atoms with Gasteiger partial charge in [0.25, 0.3) is 11.8 Å². The van der Waals surface area contributed by atoms with E-state index >= 15 is 0 Å². The van der Waals surface area contributed by atoms with Crippen molar-refractivity contribution in [2.45, 2.75) is 12.6 Å². The van der Waals surface area contributed by atoms with E-state index in [0.29, 0.717) is 17.0 Å². The first-order valence-electron chi connectivity index (χ1n) is 12.3. The van der Waals surface area contributed by atoms with E-state index in [1.807, 2.05) is 61.5 Å². The lowest BCUT2D eigenvalue weighted by Crippen LogP contribution is -2.44. The summed E-state index contributed by atoms with van der Waals surface area (Å²) >= 11 is 0.754. The fraction of sp³-hybridized carbons (Fsp3) is 0.172. The molecule has 0 aliphatic rings. The maximum atomic E-state index is 14.2. The fourth-order valence-corrected chi connectivity index (χ4v) is 4.86. The van der Waals surface area contributed by atoms with Crippen molar-refractivity contribution in [2.24, 2.45) is 5.73 Å². The van der Waals surface area contributed by atoms with Crippen LogP contribution in [-0.4, -0.2) is 43.3 Å². The van der Waals surface area contributed by atoms with E-state index in [1.54, 1.807) is 36.4 Å². The molecule has 0 spiro atoms. The third kappa shape index (κ3) is 6.05. The minimum atomic E-state index is -1.10. The Balaban J connectivity index is 1.84. The van der Waals surface area contributed by atoms with E-state index < -0.39 is 23.8 Å². The molecule has 0 unspecified atom stereocenters. The standard InChI is InChI=1S/C29H30N6O4S/c1-34(2)20-11-9-19(10-12-20)25(28(37)32-17-18-7-5-4-6-8-18)35(21-13-15-22(39-3)16-14-21)29(38)26-23(30)24(27(31)36)33-40-26/h4-16,25H,17,30H2,1-3H3,(H2,31,36)(H,32,37)/t25-/m1/s1. The number of nitrogens with zero attached hydrogens (tertiary/aromatic N) is 3. The highest BCUT2D eigenvalue weighted by atomic mass is 32.1. The first kappa shape index (κ1) is 28.1. The number of carbonyl (C=O) groups excluding carboxylic acids is 3. The lowest BCUT2D eigenvalue weighted by atomic mass is 10.0. The number of benzene rings is 3. The van der Waals surface area contributed by atoms with E-state index in [1.165, 1.54) is 12.0 Å². The number of ether oxygens (including phenoxy) is 1. The Morgan fingerprint density at radius 3 is 2.12 bits per heavy atom. The molecule has 0 saturated heterocycles. The van der Waals surface area contributed by atoms with Crippen molar-refractivity contribution in [3.05, 3.63) is 101 Å². The van der Waals surface area contributed by atoms with Gasteiger partial charge in [0, 0.05) is 32.0 Å². The fourth-order valence-electron chi connectivity index (χ4n) is 4.12. The van der Waals surface area contributed by atoms with Crippen LogP contribution in [0.1, 0.15) is 37.3 Å². The second kappa shape index (κ2) is 12.3. The molecule has 0 bridgehead atoms. The summed E-state index contributed by atoms with van der Waals surface area (Å²) in [5.41, 5.74) is 14.0. The summed E-state index contributed by atoms with van der Waals surface area (Å²) in [4.78, 5) is 43.2. The minimum absolute atomic E-state index is 0.00427. The monoisotopic (exact) mass is 558 g/mol. The number of aromatic nitrogens is 1. The molecular weight excluding hydrogens is 528 g/mol. The van der Waals surface area contributed by atoms with Crippen molar-refractivity contribution in [1.82, 2.24) is 9.69 Å². The van der Waals surface area contributed by atoms with Crippen molar-refractivity contribution in [1.29, 1.82) is 0 Å². The van der Waals surface area contributed by atoms with Crippen LogP contribution >= 0.6 is 11.5 Å². The lowest BCUT2D eigenvalue weighted by molar-refractivity contribution is -0.122. The zero-order chi connectivity index (χ0) is 28.8. The van der Waals surface area contributed by atoms with Crippen molar-refractivity contribution < 1.29 is 19.1 Å². The maximum Gasteiger partial charge on any atom is 0.273 e. The molecule has 0 aliphatic heterocycles. The number of primary amides is 1. The average Bonchev–Trinajstić information content (AvgIpc) is 3.36. The molecule has 5 N–H and O–H groups in total. The van der Waals surface area contributed by atoms with Gasteiger partial charge in [-0.2, -0.15) is 4.37 Å². The topological polar surface area (TPSA) is 144 Å². The molecule has 1 heterocycles. The Morgan fingerprint density at radius 1 is 0.950 bits per heavy atom. The third-order valence-electron chi connectivity index (χ3n) is 6.27. The van der Waals surface area contributed by atoms with Crippen LogP contribution in [0.15, 0.2) is 78.9 Å². The van der Waals surface area contributed by atoms with Crippen LogP contribution < -0.4 is 31.3 Å². The Bertz CT molecular complexity index is 1490. The zero-order valence-corrected chi connectivity index (χ0v) is 23.1. The van der Waals surface area contributed by atoms with Gasteiger partial charge in [0.15, 0.2) is 5.69 Å². The Morgan fingerprint density at radius 2 is 1.57 bits per heavy atom. The van der Waals surface area contributed by atoms with Gasteiger partial charge in [-0.15, -0.1) is 0 Å². The number of carbonyl (C=O) groups is 3. The van der Waals surface area contributed by atoms with E-state index in [2.05, 4.69) is 9.69 Å². The molecule has 4 aromatic rings. The molecular formula is C29H30N6O4S. The van der Waals surface area contributed by atoms with Crippen molar-refractivity contribution >= 4 is 46.3 Å². The van der Waals surface area contributed by atoms with Crippen LogP contribution in [0.25, 0.3) is 0 Å². The number of anilines is 3. The summed E-state index contributed by atoms with van der Waals surface area (Å²) in [6, 6.07) is 22.4. The third-order valence-corrected chi connectivity index (χ3v) is 7.12. The number of methoxy groups -OCH3 is 1. The van der Waals surface area contributed by atoms with Crippen LogP contribution in [0.5, 0.6) is 5.75 Å². The molecule has 11 heteroatoms. The number of nitrogens with one attached hydrogen (secondary N) is 1. The van der Waals surface area contributed by atoms with Crippen LogP contribution in [0, 0.1) is 0 Å². The largest absolute Gasteiger partial charge is 0.497 e. The number of nitrogen functional groups attached to an aromatic ring is 1. The number of hydrogen-bond acceptors (Lipinski definition) is 8. The summed E-state index contributed by atoms with van der Waals surface area (Å²) in [5.74, 6) is -1.29. The summed E-state index contributed by atoms with van der Waals surface area (Å²) in [5, 5.41) is 2.97. The van der Waals surface area contributed by atoms with Gasteiger partial charge in [-0.3, -0.25) is 19.3 Å². The highest BCUT2D eigenvalue weighted by Crippen LogP contribution is 2.34. The summed E-state index contributed by atoms with van der Waals surface area (Å²) in [6.45, 7) is 0.255. The minimum Gasteiger partial charge on any atom is -0.497 e. The average molecular weight is 559 g/mol. The summed E-state index contributed by atoms with van der Waals surface area (Å²) < 4.78 is 9.28. The molecule has 40 heavy (non-hydrogen) atoms. The van der Waals surface area contributed by atoms with Gasteiger partial charge in [0.2, 0.25) is 5.91 Å². The first-order chi connectivity index (χ1) is 19.2.